The summed E-state index contributed by atoms with van der Waals surface area (Å²) in [4.78, 5) is 14.3. The Hall–Kier alpha value is -1.51. The number of fused-ring (bicyclic) bond motifs is 3. The largest absolute Gasteiger partial charge is 0.361 e. The van der Waals surface area contributed by atoms with Gasteiger partial charge in [-0.2, -0.15) is 0 Å². The van der Waals surface area contributed by atoms with Gasteiger partial charge in [0, 0.05) is 11.8 Å². The Morgan fingerprint density at radius 3 is 2.69 bits per heavy atom. The summed E-state index contributed by atoms with van der Waals surface area (Å²) in [6, 6.07) is 8.00. The average molecular weight is 216 g/mol. The van der Waals surface area contributed by atoms with Gasteiger partial charge in [0.1, 0.15) is 5.66 Å². The van der Waals surface area contributed by atoms with E-state index >= 15 is 0 Å². The molecular weight excluding hydrogens is 200 g/mol. The van der Waals surface area contributed by atoms with Gasteiger partial charge in [-0.15, -0.1) is 0 Å². The average Bonchev–Trinajstić information content (AvgIpc) is 2.55. The zero-order chi connectivity index (χ0) is 11.6. The Kier molecular flexibility index (Phi) is 1.57. The minimum absolute atomic E-state index is 0.215. The number of anilines is 2. The van der Waals surface area contributed by atoms with E-state index in [1.807, 2.05) is 43.0 Å². The number of hydrogen-bond donors (Lipinski definition) is 1. The van der Waals surface area contributed by atoms with Crippen molar-refractivity contribution in [2.24, 2.45) is 5.41 Å². The lowest BCUT2D eigenvalue weighted by Gasteiger charge is -2.27. The van der Waals surface area contributed by atoms with Gasteiger partial charge in [0.25, 0.3) is 0 Å². The SMILES string of the molecule is CC1(C)CC2(C)Nc3ccccc3N2C1=O. The second kappa shape index (κ2) is 2.59. The van der Waals surface area contributed by atoms with Gasteiger partial charge in [-0.25, -0.2) is 0 Å². The van der Waals surface area contributed by atoms with Crippen molar-refractivity contribution in [3.8, 4) is 0 Å². The summed E-state index contributed by atoms with van der Waals surface area (Å²) in [6.45, 7) is 6.13. The molecule has 3 rings (SSSR count). The van der Waals surface area contributed by atoms with E-state index < -0.39 is 0 Å². The molecule has 1 aromatic carbocycles. The molecule has 84 valence electrons. The minimum atomic E-state index is -0.269. The van der Waals surface area contributed by atoms with E-state index in [0.29, 0.717) is 0 Å². The van der Waals surface area contributed by atoms with Crippen molar-refractivity contribution >= 4 is 17.3 Å². The quantitative estimate of drug-likeness (QED) is 0.723. The first-order valence-corrected chi connectivity index (χ1v) is 5.66. The molecule has 1 amide bonds. The molecule has 3 heteroatoms. The number of nitrogens with one attached hydrogen (secondary N) is 1. The van der Waals surface area contributed by atoms with E-state index in [1.54, 1.807) is 0 Å². The number of benzene rings is 1. The Morgan fingerprint density at radius 1 is 1.25 bits per heavy atom. The van der Waals surface area contributed by atoms with Crippen molar-refractivity contribution in [3.63, 3.8) is 0 Å². The lowest BCUT2D eigenvalue weighted by molar-refractivity contribution is -0.124. The van der Waals surface area contributed by atoms with E-state index in [1.165, 1.54) is 0 Å². The summed E-state index contributed by atoms with van der Waals surface area (Å²) in [5.74, 6) is 0.215. The van der Waals surface area contributed by atoms with Crippen molar-refractivity contribution in [3.05, 3.63) is 24.3 Å². The second-order valence-corrected chi connectivity index (χ2v) is 5.62. The predicted molar refractivity (Wildman–Crippen MR) is 64.4 cm³/mol. The lowest BCUT2D eigenvalue weighted by atomic mass is 9.88. The van der Waals surface area contributed by atoms with Crippen LogP contribution in [0.4, 0.5) is 11.4 Å². The normalized spacial score (nSPS) is 29.9. The van der Waals surface area contributed by atoms with Crippen LogP contribution in [0.3, 0.4) is 0 Å². The van der Waals surface area contributed by atoms with Crippen LogP contribution in [0.15, 0.2) is 24.3 Å². The molecule has 1 saturated heterocycles. The molecular formula is C13H16N2O. The predicted octanol–water partition coefficient (Wildman–Crippen LogP) is 2.59. The maximum atomic E-state index is 12.4. The van der Waals surface area contributed by atoms with Gasteiger partial charge in [0.15, 0.2) is 0 Å². The van der Waals surface area contributed by atoms with Crippen LogP contribution < -0.4 is 10.2 Å². The number of nitrogens with zero attached hydrogens (tertiary/aromatic N) is 1. The first-order valence-electron chi connectivity index (χ1n) is 5.66. The van der Waals surface area contributed by atoms with Gasteiger partial charge in [0.2, 0.25) is 5.91 Å². The van der Waals surface area contributed by atoms with Crippen molar-refractivity contribution < 1.29 is 4.79 Å². The first kappa shape index (κ1) is 9.70. The number of para-hydroxylation sites is 2. The number of hydrogen-bond acceptors (Lipinski definition) is 2. The maximum absolute atomic E-state index is 12.4. The van der Waals surface area contributed by atoms with E-state index in [-0.39, 0.29) is 17.0 Å². The molecule has 0 aromatic heterocycles. The molecule has 1 fully saturated rings. The summed E-state index contributed by atoms with van der Waals surface area (Å²) < 4.78 is 0. The Labute approximate surface area is 95.4 Å². The fourth-order valence-electron chi connectivity index (χ4n) is 3.08. The number of carbonyl (C=O) groups is 1. The maximum Gasteiger partial charge on any atom is 0.234 e. The molecule has 3 nitrogen and oxygen atoms in total. The van der Waals surface area contributed by atoms with E-state index in [9.17, 15) is 4.79 Å². The van der Waals surface area contributed by atoms with Crippen molar-refractivity contribution in [2.45, 2.75) is 32.9 Å². The smallest absolute Gasteiger partial charge is 0.234 e. The third-order valence-corrected chi connectivity index (χ3v) is 3.61. The molecule has 1 N–H and O–H groups in total. The third kappa shape index (κ3) is 1.01. The second-order valence-electron chi connectivity index (χ2n) is 5.62. The van der Waals surface area contributed by atoms with Crippen LogP contribution in [0.2, 0.25) is 0 Å². The van der Waals surface area contributed by atoms with Gasteiger partial charge < -0.3 is 5.32 Å². The molecule has 0 spiro atoms. The standard InChI is InChI=1S/C13H16N2O/c1-12(2)8-13(3)14-9-6-4-5-7-10(9)15(13)11(12)16/h4-7,14H,8H2,1-3H3. The van der Waals surface area contributed by atoms with Crippen LogP contribution in [-0.2, 0) is 4.79 Å². The number of amides is 1. The van der Waals surface area contributed by atoms with Crippen molar-refractivity contribution in [1.29, 1.82) is 0 Å². The van der Waals surface area contributed by atoms with Gasteiger partial charge in [-0.1, -0.05) is 26.0 Å². The fourth-order valence-corrected chi connectivity index (χ4v) is 3.08. The Morgan fingerprint density at radius 2 is 1.94 bits per heavy atom. The van der Waals surface area contributed by atoms with Crippen LogP contribution in [-0.4, -0.2) is 11.6 Å². The van der Waals surface area contributed by atoms with Gasteiger partial charge in [-0.3, -0.25) is 9.69 Å². The molecule has 2 aliphatic heterocycles. The van der Waals surface area contributed by atoms with Crippen LogP contribution in [0.5, 0.6) is 0 Å². The highest BCUT2D eigenvalue weighted by Crippen LogP contribution is 2.51. The zero-order valence-electron chi connectivity index (χ0n) is 9.87. The molecule has 0 aliphatic carbocycles. The molecule has 1 aromatic rings. The summed E-state index contributed by atoms with van der Waals surface area (Å²) in [7, 11) is 0. The Balaban J connectivity index is 2.16. The van der Waals surface area contributed by atoms with Crippen LogP contribution >= 0.6 is 0 Å². The highest BCUT2D eigenvalue weighted by atomic mass is 16.2. The van der Waals surface area contributed by atoms with E-state index in [4.69, 9.17) is 0 Å². The van der Waals surface area contributed by atoms with Crippen molar-refractivity contribution in [1.82, 2.24) is 0 Å². The summed E-state index contributed by atoms with van der Waals surface area (Å²) >= 11 is 0. The number of rotatable bonds is 0. The monoisotopic (exact) mass is 216 g/mol. The zero-order valence-corrected chi connectivity index (χ0v) is 9.87. The molecule has 2 aliphatic rings. The van der Waals surface area contributed by atoms with E-state index in [0.717, 1.165) is 17.8 Å². The topological polar surface area (TPSA) is 32.3 Å². The minimum Gasteiger partial charge on any atom is -0.361 e. The van der Waals surface area contributed by atoms with Gasteiger partial charge in [0.05, 0.1) is 11.4 Å². The highest BCUT2D eigenvalue weighted by Gasteiger charge is 2.56. The van der Waals surface area contributed by atoms with Gasteiger partial charge in [-0.05, 0) is 19.1 Å². The highest BCUT2D eigenvalue weighted by molar-refractivity contribution is 6.06. The molecule has 0 bridgehead atoms. The summed E-state index contributed by atoms with van der Waals surface area (Å²) in [5.41, 5.74) is 1.56. The summed E-state index contributed by atoms with van der Waals surface area (Å²) in [5, 5.41) is 3.46. The molecule has 0 saturated carbocycles. The van der Waals surface area contributed by atoms with Gasteiger partial charge >= 0.3 is 0 Å². The number of carbonyl (C=O) groups excluding carboxylic acids is 1. The van der Waals surface area contributed by atoms with Crippen LogP contribution in [0, 0.1) is 5.41 Å². The molecule has 16 heavy (non-hydrogen) atoms. The van der Waals surface area contributed by atoms with E-state index in [2.05, 4.69) is 12.2 Å². The van der Waals surface area contributed by atoms with Crippen LogP contribution in [0.1, 0.15) is 27.2 Å². The first-order chi connectivity index (χ1) is 7.44. The molecule has 2 heterocycles. The summed E-state index contributed by atoms with van der Waals surface area (Å²) in [6.07, 6.45) is 0.841. The molecule has 0 radical (unpaired) electrons. The molecule has 1 atom stereocenters. The Bertz CT molecular complexity index is 481. The van der Waals surface area contributed by atoms with Crippen LogP contribution in [0.25, 0.3) is 0 Å². The van der Waals surface area contributed by atoms with Crippen molar-refractivity contribution in [2.75, 3.05) is 10.2 Å². The third-order valence-electron chi connectivity index (χ3n) is 3.61. The molecule has 1 unspecified atom stereocenters. The lowest BCUT2D eigenvalue weighted by Crippen LogP contribution is -2.44. The fraction of sp³-hybridized carbons (Fsp3) is 0.462.